The largest absolute Gasteiger partial charge is 0.392 e. The SMILES string of the molecule is CN(C)CCCn1cc(CO)c2cccnc21. The third-order valence-corrected chi connectivity index (χ3v) is 2.89. The first kappa shape index (κ1) is 12.1. The lowest BCUT2D eigenvalue weighted by atomic mass is 10.2. The molecule has 0 aliphatic rings. The van der Waals surface area contributed by atoms with Crippen LogP contribution in [0.15, 0.2) is 24.5 Å². The molecule has 2 aromatic rings. The fourth-order valence-electron chi connectivity index (χ4n) is 2.05. The second-order valence-corrected chi connectivity index (χ2v) is 4.54. The van der Waals surface area contributed by atoms with Gasteiger partial charge in [-0.2, -0.15) is 0 Å². The maximum Gasteiger partial charge on any atom is 0.140 e. The molecule has 4 heteroatoms. The number of pyridine rings is 1. The van der Waals surface area contributed by atoms with E-state index >= 15 is 0 Å². The summed E-state index contributed by atoms with van der Waals surface area (Å²) in [5.41, 5.74) is 1.92. The van der Waals surface area contributed by atoms with Crippen LogP contribution in [0, 0.1) is 0 Å². The van der Waals surface area contributed by atoms with E-state index in [0.29, 0.717) is 0 Å². The molecule has 0 aliphatic carbocycles. The van der Waals surface area contributed by atoms with E-state index in [0.717, 1.165) is 36.1 Å². The van der Waals surface area contributed by atoms with Gasteiger partial charge in [0.05, 0.1) is 6.61 Å². The van der Waals surface area contributed by atoms with Crippen molar-refractivity contribution in [3.05, 3.63) is 30.1 Å². The third kappa shape index (κ3) is 2.65. The van der Waals surface area contributed by atoms with Crippen molar-refractivity contribution in [2.75, 3.05) is 20.6 Å². The summed E-state index contributed by atoms with van der Waals surface area (Å²) in [5.74, 6) is 0. The predicted octanol–water partition coefficient (Wildman–Crippen LogP) is 1.48. The van der Waals surface area contributed by atoms with Gasteiger partial charge in [-0.15, -0.1) is 0 Å². The Hall–Kier alpha value is -1.39. The molecule has 0 atom stereocenters. The highest BCUT2D eigenvalue weighted by Crippen LogP contribution is 2.19. The molecule has 0 fully saturated rings. The summed E-state index contributed by atoms with van der Waals surface area (Å²) in [5, 5.41) is 10.4. The van der Waals surface area contributed by atoms with Gasteiger partial charge < -0.3 is 14.6 Å². The molecule has 0 aliphatic heterocycles. The lowest BCUT2D eigenvalue weighted by Crippen LogP contribution is -2.14. The van der Waals surface area contributed by atoms with E-state index in [4.69, 9.17) is 0 Å². The van der Waals surface area contributed by atoms with Gasteiger partial charge >= 0.3 is 0 Å². The van der Waals surface area contributed by atoms with Crippen LogP contribution >= 0.6 is 0 Å². The average Bonchev–Trinajstić information content (AvgIpc) is 2.68. The van der Waals surface area contributed by atoms with E-state index < -0.39 is 0 Å². The highest BCUT2D eigenvalue weighted by Gasteiger charge is 2.07. The summed E-state index contributed by atoms with van der Waals surface area (Å²) in [6.45, 7) is 2.07. The number of aliphatic hydroxyl groups excluding tert-OH is 1. The molecule has 0 radical (unpaired) electrons. The van der Waals surface area contributed by atoms with Gasteiger partial charge in [-0.3, -0.25) is 0 Å². The Balaban J connectivity index is 2.22. The Labute approximate surface area is 101 Å². The normalized spacial score (nSPS) is 11.5. The van der Waals surface area contributed by atoms with Crippen molar-refractivity contribution >= 4 is 11.0 Å². The quantitative estimate of drug-likeness (QED) is 0.850. The molecule has 0 unspecified atom stereocenters. The molecule has 0 saturated carbocycles. The molecule has 0 aromatic carbocycles. The van der Waals surface area contributed by atoms with Crippen LogP contribution in [0.25, 0.3) is 11.0 Å². The molecule has 0 bridgehead atoms. The van der Waals surface area contributed by atoms with Crippen LogP contribution in [-0.4, -0.2) is 40.2 Å². The maximum atomic E-state index is 9.31. The number of aromatic nitrogens is 2. The van der Waals surface area contributed by atoms with E-state index in [1.807, 2.05) is 18.3 Å². The van der Waals surface area contributed by atoms with E-state index in [-0.39, 0.29) is 6.61 Å². The number of aliphatic hydroxyl groups is 1. The fraction of sp³-hybridized carbons (Fsp3) is 0.462. The second-order valence-electron chi connectivity index (χ2n) is 4.54. The van der Waals surface area contributed by atoms with Crippen molar-refractivity contribution in [3.63, 3.8) is 0 Å². The smallest absolute Gasteiger partial charge is 0.140 e. The Morgan fingerprint density at radius 2 is 2.24 bits per heavy atom. The van der Waals surface area contributed by atoms with Gasteiger partial charge in [0.15, 0.2) is 0 Å². The van der Waals surface area contributed by atoms with Crippen molar-refractivity contribution in [1.82, 2.24) is 14.5 Å². The first-order chi connectivity index (χ1) is 8.22. The minimum atomic E-state index is 0.0723. The molecule has 0 amide bonds. The molecule has 2 rings (SSSR count). The molecular weight excluding hydrogens is 214 g/mol. The fourth-order valence-corrected chi connectivity index (χ4v) is 2.05. The van der Waals surface area contributed by atoms with Crippen LogP contribution < -0.4 is 0 Å². The summed E-state index contributed by atoms with van der Waals surface area (Å²) >= 11 is 0. The van der Waals surface area contributed by atoms with Crippen molar-refractivity contribution < 1.29 is 5.11 Å². The number of aryl methyl sites for hydroxylation is 1. The molecule has 4 nitrogen and oxygen atoms in total. The van der Waals surface area contributed by atoms with E-state index in [2.05, 4.69) is 28.5 Å². The zero-order valence-corrected chi connectivity index (χ0v) is 10.4. The Bertz CT molecular complexity index is 490. The van der Waals surface area contributed by atoms with E-state index in [1.54, 1.807) is 6.20 Å². The molecule has 0 saturated heterocycles. The Morgan fingerprint density at radius 3 is 2.94 bits per heavy atom. The van der Waals surface area contributed by atoms with Crippen molar-refractivity contribution in [3.8, 4) is 0 Å². The van der Waals surface area contributed by atoms with Gasteiger partial charge in [0, 0.05) is 29.9 Å². The van der Waals surface area contributed by atoms with Crippen LogP contribution in [0.3, 0.4) is 0 Å². The molecule has 2 heterocycles. The van der Waals surface area contributed by atoms with Gasteiger partial charge in [0.2, 0.25) is 0 Å². The summed E-state index contributed by atoms with van der Waals surface area (Å²) in [7, 11) is 4.15. The van der Waals surface area contributed by atoms with Crippen molar-refractivity contribution in [1.29, 1.82) is 0 Å². The number of hydrogen-bond donors (Lipinski definition) is 1. The van der Waals surface area contributed by atoms with Crippen molar-refractivity contribution in [2.45, 2.75) is 19.6 Å². The van der Waals surface area contributed by atoms with Crippen LogP contribution in [0.1, 0.15) is 12.0 Å². The monoisotopic (exact) mass is 233 g/mol. The summed E-state index contributed by atoms with van der Waals surface area (Å²) < 4.78 is 2.13. The second kappa shape index (κ2) is 5.29. The van der Waals surface area contributed by atoms with Crippen LogP contribution in [0.2, 0.25) is 0 Å². The third-order valence-electron chi connectivity index (χ3n) is 2.89. The first-order valence-electron chi connectivity index (χ1n) is 5.90. The highest BCUT2D eigenvalue weighted by atomic mass is 16.3. The topological polar surface area (TPSA) is 41.3 Å². The first-order valence-corrected chi connectivity index (χ1v) is 5.90. The zero-order chi connectivity index (χ0) is 12.3. The van der Waals surface area contributed by atoms with Gasteiger partial charge in [-0.25, -0.2) is 4.98 Å². The summed E-state index contributed by atoms with van der Waals surface area (Å²) in [6.07, 6.45) is 4.89. The van der Waals surface area contributed by atoms with E-state index in [9.17, 15) is 5.11 Å². The zero-order valence-electron chi connectivity index (χ0n) is 10.4. The number of fused-ring (bicyclic) bond motifs is 1. The maximum absolute atomic E-state index is 9.31. The molecule has 1 N–H and O–H groups in total. The number of hydrogen-bond acceptors (Lipinski definition) is 3. The molecule has 92 valence electrons. The van der Waals surface area contributed by atoms with E-state index in [1.165, 1.54) is 0 Å². The summed E-state index contributed by atoms with van der Waals surface area (Å²) in [4.78, 5) is 6.56. The standard InChI is InChI=1S/C13H19N3O/c1-15(2)7-4-8-16-9-11(10-17)12-5-3-6-14-13(12)16/h3,5-6,9,17H,4,7-8,10H2,1-2H3. The minimum absolute atomic E-state index is 0.0723. The van der Waals surface area contributed by atoms with Crippen molar-refractivity contribution in [2.24, 2.45) is 0 Å². The molecule has 0 spiro atoms. The van der Waals surface area contributed by atoms with Gasteiger partial charge in [0.1, 0.15) is 5.65 Å². The molecule has 17 heavy (non-hydrogen) atoms. The van der Waals surface area contributed by atoms with Gasteiger partial charge in [-0.1, -0.05) is 0 Å². The lowest BCUT2D eigenvalue weighted by molar-refractivity contribution is 0.283. The Kier molecular flexibility index (Phi) is 3.76. The minimum Gasteiger partial charge on any atom is -0.392 e. The number of nitrogens with zero attached hydrogens (tertiary/aromatic N) is 3. The van der Waals surface area contributed by atoms with Gasteiger partial charge in [-0.05, 0) is 39.2 Å². The number of rotatable bonds is 5. The van der Waals surface area contributed by atoms with Crippen LogP contribution in [-0.2, 0) is 13.2 Å². The van der Waals surface area contributed by atoms with Crippen LogP contribution in [0.4, 0.5) is 0 Å². The molecular formula is C13H19N3O. The Morgan fingerprint density at radius 1 is 1.41 bits per heavy atom. The highest BCUT2D eigenvalue weighted by molar-refractivity contribution is 5.80. The average molecular weight is 233 g/mol. The summed E-state index contributed by atoms with van der Waals surface area (Å²) in [6, 6.07) is 3.92. The van der Waals surface area contributed by atoms with Crippen LogP contribution in [0.5, 0.6) is 0 Å². The lowest BCUT2D eigenvalue weighted by Gasteiger charge is -2.09. The van der Waals surface area contributed by atoms with Gasteiger partial charge in [0.25, 0.3) is 0 Å². The molecule has 2 aromatic heterocycles. The predicted molar refractivity (Wildman–Crippen MR) is 68.8 cm³/mol.